The van der Waals surface area contributed by atoms with Crippen LogP contribution < -0.4 is 5.56 Å². The zero-order chi connectivity index (χ0) is 26.2. The zero-order valence-electron chi connectivity index (χ0n) is 19.8. The van der Waals surface area contributed by atoms with Crippen LogP contribution in [0.15, 0.2) is 100 Å². The van der Waals surface area contributed by atoms with E-state index in [-0.39, 0.29) is 16.2 Å². The van der Waals surface area contributed by atoms with Crippen LogP contribution in [0.25, 0.3) is 27.6 Å². The van der Waals surface area contributed by atoms with Crippen LogP contribution >= 0.6 is 22.9 Å². The lowest BCUT2D eigenvalue weighted by molar-refractivity contribution is -0.116. The first-order chi connectivity index (χ1) is 17.7. The second kappa shape index (κ2) is 10.1. The van der Waals surface area contributed by atoms with Crippen molar-refractivity contribution in [1.29, 1.82) is 0 Å². The topological polar surface area (TPSA) is 73.2 Å². The number of rotatable bonds is 7. The number of Topliss-reactive ketones (excluding diaryl/α,β-unsaturated/α-hetero) is 1. The highest BCUT2D eigenvalue weighted by molar-refractivity contribution is 7.94. The second-order valence-electron chi connectivity index (χ2n) is 8.83. The third kappa shape index (κ3) is 5.30. The minimum Gasteiger partial charge on any atom is -0.298 e. The number of thiophene rings is 1. The molecule has 0 fully saturated rings. The molecule has 0 bridgehead atoms. The van der Waals surface area contributed by atoms with E-state index in [9.17, 15) is 18.0 Å². The van der Waals surface area contributed by atoms with Gasteiger partial charge in [0.05, 0.1) is 4.34 Å². The molecule has 186 valence electrons. The summed E-state index contributed by atoms with van der Waals surface area (Å²) in [5.74, 6) is -1.00. The lowest BCUT2D eigenvalue weighted by Crippen LogP contribution is -2.19. The van der Waals surface area contributed by atoms with Gasteiger partial charge in [-0.3, -0.25) is 14.2 Å². The summed E-state index contributed by atoms with van der Waals surface area (Å²) in [5.41, 5.74) is 4.20. The number of fused-ring (bicyclic) bond motifs is 1. The largest absolute Gasteiger partial charge is 0.298 e. The molecular weight excluding hydrogens is 526 g/mol. The molecule has 0 saturated carbocycles. The molecule has 0 atom stereocenters. The van der Waals surface area contributed by atoms with Crippen molar-refractivity contribution in [2.75, 3.05) is 5.75 Å². The van der Waals surface area contributed by atoms with Gasteiger partial charge >= 0.3 is 0 Å². The molecule has 0 aliphatic heterocycles. The summed E-state index contributed by atoms with van der Waals surface area (Å²) in [6.45, 7) is 2.00. The Morgan fingerprint density at radius 3 is 2.32 bits per heavy atom. The zero-order valence-corrected chi connectivity index (χ0v) is 22.2. The number of sulfone groups is 1. The molecule has 8 heteroatoms. The molecule has 2 heterocycles. The number of hydrogen-bond acceptors (Lipinski definition) is 5. The van der Waals surface area contributed by atoms with E-state index in [4.69, 9.17) is 11.6 Å². The van der Waals surface area contributed by atoms with E-state index in [1.165, 1.54) is 12.1 Å². The maximum absolute atomic E-state index is 13.4. The van der Waals surface area contributed by atoms with Gasteiger partial charge in [-0.15, -0.1) is 11.3 Å². The molecule has 2 aromatic heterocycles. The Morgan fingerprint density at radius 2 is 1.65 bits per heavy atom. The van der Waals surface area contributed by atoms with Gasteiger partial charge in [0.15, 0.2) is 15.6 Å². The van der Waals surface area contributed by atoms with Crippen LogP contribution in [0.3, 0.4) is 0 Å². The Kier molecular flexibility index (Phi) is 6.86. The Hall–Kier alpha value is -3.52. The molecule has 0 spiro atoms. The smallest absolute Gasteiger partial charge is 0.262 e. The van der Waals surface area contributed by atoms with Crippen molar-refractivity contribution in [2.45, 2.75) is 17.6 Å². The van der Waals surface area contributed by atoms with Gasteiger partial charge < -0.3 is 0 Å². The number of ketones is 1. The van der Waals surface area contributed by atoms with Crippen LogP contribution in [0.5, 0.6) is 0 Å². The first-order valence-electron chi connectivity index (χ1n) is 11.5. The van der Waals surface area contributed by atoms with E-state index >= 15 is 0 Å². The van der Waals surface area contributed by atoms with Gasteiger partial charge in [-0.25, -0.2) is 8.42 Å². The van der Waals surface area contributed by atoms with Crippen molar-refractivity contribution >= 4 is 49.3 Å². The van der Waals surface area contributed by atoms with E-state index in [1.54, 1.807) is 28.8 Å². The van der Waals surface area contributed by atoms with Crippen LogP contribution in [0.4, 0.5) is 0 Å². The summed E-state index contributed by atoms with van der Waals surface area (Å²) in [6, 6.07) is 25.7. The SMILES string of the molecule is Cc1ccc2c(=O)n(-c3ccc(CC(=O)CS(=O)(=O)c4ccc(Cl)s4)cc3)cc(-c3ccccc3)c2c1. The second-order valence-corrected chi connectivity index (χ2v) is 12.8. The summed E-state index contributed by atoms with van der Waals surface area (Å²) >= 11 is 6.78. The minimum absolute atomic E-state index is 0.0280. The van der Waals surface area contributed by atoms with Gasteiger partial charge in [0.2, 0.25) is 0 Å². The van der Waals surface area contributed by atoms with Crippen LogP contribution in [0, 0.1) is 6.92 Å². The van der Waals surface area contributed by atoms with E-state index in [2.05, 4.69) is 0 Å². The van der Waals surface area contributed by atoms with Gasteiger partial charge in [-0.1, -0.05) is 71.8 Å². The maximum atomic E-state index is 13.4. The number of pyridine rings is 1. The van der Waals surface area contributed by atoms with Crippen molar-refractivity contribution in [1.82, 2.24) is 4.57 Å². The molecule has 37 heavy (non-hydrogen) atoms. The highest BCUT2D eigenvalue weighted by Gasteiger charge is 2.21. The number of carbonyl (C=O) groups is 1. The molecule has 0 saturated heterocycles. The number of benzene rings is 3. The van der Waals surface area contributed by atoms with E-state index in [0.717, 1.165) is 33.4 Å². The predicted molar refractivity (Wildman–Crippen MR) is 150 cm³/mol. The van der Waals surface area contributed by atoms with Crippen LogP contribution in [0.2, 0.25) is 4.34 Å². The highest BCUT2D eigenvalue weighted by atomic mass is 35.5. The molecule has 0 amide bonds. The first-order valence-corrected chi connectivity index (χ1v) is 14.4. The quantitative estimate of drug-likeness (QED) is 0.241. The third-order valence-electron chi connectivity index (χ3n) is 6.08. The van der Waals surface area contributed by atoms with Gasteiger partial charge in [0.25, 0.3) is 5.56 Å². The van der Waals surface area contributed by atoms with E-state index in [0.29, 0.717) is 21.0 Å². The van der Waals surface area contributed by atoms with Crippen molar-refractivity contribution in [2.24, 2.45) is 0 Å². The van der Waals surface area contributed by atoms with Gasteiger partial charge in [0, 0.05) is 29.3 Å². The molecule has 0 aliphatic carbocycles. The lowest BCUT2D eigenvalue weighted by Gasteiger charge is -2.14. The van der Waals surface area contributed by atoms with E-state index in [1.807, 2.05) is 61.7 Å². The Balaban J connectivity index is 1.45. The number of nitrogens with zero attached hydrogens (tertiary/aromatic N) is 1. The molecule has 0 unspecified atom stereocenters. The summed E-state index contributed by atoms with van der Waals surface area (Å²) < 4.78 is 27.0. The monoisotopic (exact) mass is 547 g/mol. The highest BCUT2D eigenvalue weighted by Crippen LogP contribution is 2.29. The molecule has 0 N–H and O–H groups in total. The normalized spacial score (nSPS) is 11.6. The average molecular weight is 548 g/mol. The minimum atomic E-state index is -3.73. The number of aryl methyl sites for hydroxylation is 1. The van der Waals surface area contributed by atoms with Crippen LogP contribution in [-0.4, -0.2) is 24.5 Å². The Labute approximate surface area is 223 Å². The fourth-order valence-electron chi connectivity index (χ4n) is 4.30. The molecule has 0 radical (unpaired) electrons. The molecule has 3 aromatic carbocycles. The van der Waals surface area contributed by atoms with Gasteiger partial charge in [0.1, 0.15) is 9.96 Å². The third-order valence-corrected chi connectivity index (χ3v) is 9.57. The summed E-state index contributed by atoms with van der Waals surface area (Å²) in [5, 5.41) is 1.51. The fourth-order valence-corrected chi connectivity index (χ4v) is 7.11. The van der Waals surface area contributed by atoms with Gasteiger partial charge in [-0.05, 0) is 53.8 Å². The number of aromatic nitrogens is 1. The Bertz CT molecular complexity index is 1790. The van der Waals surface area contributed by atoms with Crippen molar-refractivity contribution < 1.29 is 13.2 Å². The maximum Gasteiger partial charge on any atom is 0.262 e. The molecular formula is C29H22ClNO4S2. The average Bonchev–Trinajstić information content (AvgIpc) is 3.32. The van der Waals surface area contributed by atoms with Crippen LogP contribution in [-0.2, 0) is 21.1 Å². The van der Waals surface area contributed by atoms with Gasteiger partial charge in [-0.2, -0.15) is 0 Å². The predicted octanol–water partition coefficient (Wildman–Crippen LogP) is 6.27. The Morgan fingerprint density at radius 1 is 0.919 bits per heavy atom. The summed E-state index contributed by atoms with van der Waals surface area (Å²) in [7, 11) is -3.73. The molecule has 5 rings (SSSR count). The number of carbonyl (C=O) groups excluding carboxylic acids is 1. The summed E-state index contributed by atoms with van der Waals surface area (Å²) in [4.78, 5) is 25.9. The molecule has 5 aromatic rings. The summed E-state index contributed by atoms with van der Waals surface area (Å²) in [6.07, 6.45) is 1.82. The fraction of sp³-hybridized carbons (Fsp3) is 0.103. The first kappa shape index (κ1) is 25.1. The van der Waals surface area contributed by atoms with Crippen LogP contribution in [0.1, 0.15) is 11.1 Å². The van der Waals surface area contributed by atoms with Crippen molar-refractivity contribution in [3.63, 3.8) is 0 Å². The number of halogens is 1. The molecule has 0 aliphatic rings. The lowest BCUT2D eigenvalue weighted by atomic mass is 9.99. The standard InChI is InChI=1S/C29H22ClNO4S2/c1-19-7-12-24-25(15-19)26(21-5-3-2-4-6-21)17-31(29(24)33)22-10-8-20(9-11-22)16-23(32)18-37(34,35)28-14-13-27(30)36-28/h2-15,17H,16,18H2,1H3. The number of hydrogen-bond donors (Lipinski definition) is 0. The van der Waals surface area contributed by atoms with E-state index < -0.39 is 21.4 Å². The van der Waals surface area contributed by atoms with Crippen molar-refractivity contribution in [3.05, 3.63) is 117 Å². The van der Waals surface area contributed by atoms with Crippen molar-refractivity contribution in [3.8, 4) is 16.8 Å². The molecule has 5 nitrogen and oxygen atoms in total.